The number of nitrogens with one attached hydrogen (secondary N) is 2. The van der Waals surface area contributed by atoms with E-state index in [1.165, 1.54) is 6.07 Å². The molecule has 3 aliphatic heterocycles. The molecule has 0 spiro atoms. The van der Waals surface area contributed by atoms with Gasteiger partial charge in [-0.25, -0.2) is 4.39 Å². The van der Waals surface area contributed by atoms with E-state index in [4.69, 9.17) is 14.2 Å². The van der Waals surface area contributed by atoms with E-state index < -0.39 is 12.2 Å². The zero-order valence-electron chi connectivity index (χ0n) is 20.0. The summed E-state index contributed by atoms with van der Waals surface area (Å²) >= 11 is 0. The minimum atomic E-state index is -0.583. The Morgan fingerprint density at radius 3 is 2.69 bits per heavy atom. The van der Waals surface area contributed by atoms with Gasteiger partial charge < -0.3 is 30.0 Å². The third-order valence-corrected chi connectivity index (χ3v) is 7.21. The molecule has 192 valence electrons. The van der Waals surface area contributed by atoms with Gasteiger partial charge in [-0.15, -0.1) is 0 Å². The lowest BCUT2D eigenvalue weighted by molar-refractivity contribution is -0.142. The summed E-state index contributed by atoms with van der Waals surface area (Å²) in [5.74, 6) is -0.0938. The molecule has 3 aliphatic rings. The van der Waals surface area contributed by atoms with E-state index >= 15 is 0 Å². The largest absolute Gasteiger partial charge is 0.487 e. The van der Waals surface area contributed by atoms with Gasteiger partial charge in [0.1, 0.15) is 23.8 Å². The summed E-state index contributed by atoms with van der Waals surface area (Å²) in [6.45, 7) is 1.04. The molecule has 3 heterocycles. The molecule has 2 saturated heterocycles. The minimum absolute atomic E-state index is 0.0154. The fourth-order valence-corrected chi connectivity index (χ4v) is 5.29. The highest BCUT2D eigenvalue weighted by molar-refractivity contribution is 5.92. The fourth-order valence-electron chi connectivity index (χ4n) is 5.29. The molecule has 8 nitrogen and oxygen atoms in total. The highest BCUT2D eigenvalue weighted by atomic mass is 19.1. The topological polar surface area (TPSA) is 106 Å². The van der Waals surface area contributed by atoms with E-state index in [2.05, 4.69) is 10.6 Å². The number of aliphatic hydroxyl groups excluding tert-OH is 1. The molecule has 5 rings (SSSR count). The molecular formula is C27H31FN2O6. The third-order valence-electron chi connectivity index (χ3n) is 7.21. The number of anilines is 1. The van der Waals surface area contributed by atoms with Crippen LogP contribution < -0.4 is 15.4 Å². The van der Waals surface area contributed by atoms with Crippen LogP contribution in [-0.4, -0.2) is 55.1 Å². The summed E-state index contributed by atoms with van der Waals surface area (Å²) < 4.78 is 31.3. The highest BCUT2D eigenvalue weighted by Gasteiger charge is 2.46. The van der Waals surface area contributed by atoms with Crippen LogP contribution in [0.3, 0.4) is 0 Å². The van der Waals surface area contributed by atoms with Crippen molar-refractivity contribution in [2.75, 3.05) is 25.1 Å². The Morgan fingerprint density at radius 2 is 1.92 bits per heavy atom. The lowest BCUT2D eigenvalue weighted by Gasteiger charge is -2.37. The van der Waals surface area contributed by atoms with Crippen LogP contribution in [0.25, 0.3) is 0 Å². The van der Waals surface area contributed by atoms with E-state index in [-0.39, 0.29) is 55.1 Å². The number of ether oxygens (including phenoxy) is 3. The maximum absolute atomic E-state index is 13.9. The van der Waals surface area contributed by atoms with E-state index in [0.717, 1.165) is 5.56 Å². The second-order valence-corrected chi connectivity index (χ2v) is 9.60. The molecule has 4 atom stereocenters. The van der Waals surface area contributed by atoms with Gasteiger partial charge in [0.05, 0.1) is 19.1 Å². The van der Waals surface area contributed by atoms with Crippen LogP contribution in [0.2, 0.25) is 0 Å². The Hall–Kier alpha value is -3.01. The fraction of sp³-hybridized carbons (Fsp3) is 0.481. The molecule has 9 heteroatoms. The molecule has 2 aromatic carbocycles. The number of carbonyl (C=O) groups excluding carboxylic acids is 2. The zero-order chi connectivity index (χ0) is 25.1. The standard InChI is InChI=1S/C27H31FN2O6/c28-22-4-2-1-3-17(22)14-29-25(32)13-19-12-21-20-11-18(30-27(33)16-7-9-34-10-8-16)5-6-23(20)36-26(21)24(15-31)35-19/h1-6,11,16,19,21,24,26,31H,7-10,12-15H2,(H,29,32)(H,30,33)/t19-,21+,24+,26-/m0/s1. The Bertz CT molecular complexity index is 1110. The number of rotatable bonds is 7. The number of hydrogen-bond acceptors (Lipinski definition) is 6. The quantitative estimate of drug-likeness (QED) is 0.542. The Kier molecular flexibility index (Phi) is 7.50. The molecule has 0 aromatic heterocycles. The van der Waals surface area contributed by atoms with E-state index in [0.29, 0.717) is 49.5 Å². The number of halogens is 1. The first kappa shape index (κ1) is 24.7. The van der Waals surface area contributed by atoms with Gasteiger partial charge >= 0.3 is 0 Å². The maximum Gasteiger partial charge on any atom is 0.227 e. The van der Waals surface area contributed by atoms with Crippen molar-refractivity contribution in [2.24, 2.45) is 5.92 Å². The summed E-state index contributed by atoms with van der Waals surface area (Å²) in [5.41, 5.74) is 2.04. The zero-order valence-corrected chi connectivity index (χ0v) is 20.0. The number of carbonyl (C=O) groups is 2. The molecule has 0 radical (unpaired) electrons. The Labute approximate surface area is 209 Å². The van der Waals surface area contributed by atoms with Crippen LogP contribution in [0.1, 0.15) is 42.7 Å². The predicted molar refractivity (Wildman–Crippen MR) is 129 cm³/mol. The van der Waals surface area contributed by atoms with Gasteiger partial charge in [-0.3, -0.25) is 9.59 Å². The van der Waals surface area contributed by atoms with Gasteiger partial charge in [0.25, 0.3) is 0 Å². The number of hydrogen-bond donors (Lipinski definition) is 3. The predicted octanol–water partition coefficient (Wildman–Crippen LogP) is 2.89. The number of aliphatic hydroxyl groups is 1. The van der Waals surface area contributed by atoms with Crippen LogP contribution >= 0.6 is 0 Å². The summed E-state index contributed by atoms with van der Waals surface area (Å²) in [5, 5.41) is 15.7. The van der Waals surface area contributed by atoms with Crippen molar-refractivity contribution in [3.63, 3.8) is 0 Å². The van der Waals surface area contributed by atoms with Gasteiger partial charge in [-0.1, -0.05) is 18.2 Å². The second kappa shape index (κ2) is 10.9. The first-order valence-electron chi connectivity index (χ1n) is 12.5. The van der Waals surface area contributed by atoms with E-state index in [9.17, 15) is 19.1 Å². The van der Waals surface area contributed by atoms with Crippen LogP contribution in [-0.2, 0) is 25.6 Å². The van der Waals surface area contributed by atoms with Crippen molar-refractivity contribution in [1.29, 1.82) is 0 Å². The van der Waals surface area contributed by atoms with Crippen molar-refractivity contribution in [3.8, 4) is 5.75 Å². The molecule has 0 saturated carbocycles. The lowest BCUT2D eigenvalue weighted by atomic mass is 9.84. The maximum atomic E-state index is 13.9. The highest BCUT2D eigenvalue weighted by Crippen LogP contribution is 2.47. The number of amides is 2. The molecular weight excluding hydrogens is 467 g/mol. The second-order valence-electron chi connectivity index (χ2n) is 9.60. The molecule has 2 amide bonds. The van der Waals surface area contributed by atoms with Crippen LogP contribution in [0.4, 0.5) is 10.1 Å². The van der Waals surface area contributed by atoms with Crippen LogP contribution in [0.5, 0.6) is 5.75 Å². The Morgan fingerprint density at radius 1 is 1.11 bits per heavy atom. The average Bonchev–Trinajstić information content (AvgIpc) is 3.26. The first-order valence-corrected chi connectivity index (χ1v) is 12.5. The molecule has 2 aromatic rings. The molecule has 3 N–H and O–H groups in total. The molecule has 36 heavy (non-hydrogen) atoms. The van der Waals surface area contributed by atoms with Crippen molar-refractivity contribution in [2.45, 2.75) is 56.5 Å². The molecule has 0 aliphatic carbocycles. The van der Waals surface area contributed by atoms with Crippen molar-refractivity contribution < 1.29 is 33.3 Å². The number of fused-ring (bicyclic) bond motifs is 3. The monoisotopic (exact) mass is 498 g/mol. The van der Waals surface area contributed by atoms with Gasteiger partial charge in [-0.2, -0.15) is 0 Å². The normalized spacial score (nSPS) is 25.4. The molecule has 0 bridgehead atoms. The van der Waals surface area contributed by atoms with E-state index in [1.807, 2.05) is 18.2 Å². The summed E-state index contributed by atoms with van der Waals surface area (Å²) in [6.07, 6.45) is 0.646. The third kappa shape index (κ3) is 5.38. The molecule has 2 fully saturated rings. The minimum Gasteiger partial charge on any atom is -0.487 e. The van der Waals surface area contributed by atoms with Gasteiger partial charge in [0, 0.05) is 48.4 Å². The Balaban J connectivity index is 1.24. The van der Waals surface area contributed by atoms with Gasteiger partial charge in [0.2, 0.25) is 11.8 Å². The van der Waals surface area contributed by atoms with Gasteiger partial charge in [-0.05, 0) is 43.5 Å². The first-order chi connectivity index (χ1) is 17.5. The summed E-state index contributed by atoms with van der Waals surface area (Å²) in [7, 11) is 0. The van der Waals surface area contributed by atoms with Crippen molar-refractivity contribution in [3.05, 3.63) is 59.4 Å². The van der Waals surface area contributed by atoms with Crippen molar-refractivity contribution >= 4 is 17.5 Å². The lowest BCUT2D eigenvalue weighted by Crippen LogP contribution is -2.47. The summed E-state index contributed by atoms with van der Waals surface area (Å²) in [6, 6.07) is 11.9. The van der Waals surface area contributed by atoms with Crippen LogP contribution in [0, 0.1) is 11.7 Å². The summed E-state index contributed by atoms with van der Waals surface area (Å²) in [4.78, 5) is 25.3. The average molecular weight is 499 g/mol. The van der Waals surface area contributed by atoms with E-state index in [1.54, 1.807) is 18.2 Å². The van der Waals surface area contributed by atoms with Gasteiger partial charge in [0.15, 0.2) is 0 Å². The SMILES string of the molecule is O=C(C[C@@H]1C[C@@H]2c3cc(NC(=O)C4CCOCC4)ccc3O[C@@H]2[C@@H](CO)O1)NCc1ccccc1F. The smallest absolute Gasteiger partial charge is 0.227 e. The van der Waals surface area contributed by atoms with Crippen LogP contribution in [0.15, 0.2) is 42.5 Å². The number of benzene rings is 2. The van der Waals surface area contributed by atoms with Crippen molar-refractivity contribution in [1.82, 2.24) is 5.32 Å². The molecule has 0 unspecified atom stereocenters.